The molecular formula is C15H24O5. The number of methoxy groups -OCH3 is 1. The summed E-state index contributed by atoms with van der Waals surface area (Å²) in [6, 6.07) is 0. The zero-order valence-corrected chi connectivity index (χ0v) is 12.1. The highest BCUT2D eigenvalue weighted by Crippen LogP contribution is 2.47. The molecule has 2 aliphatic rings. The molecule has 1 N–H and O–H groups in total. The molecule has 1 aliphatic carbocycles. The highest BCUT2D eigenvalue weighted by molar-refractivity contribution is 6.05. The van der Waals surface area contributed by atoms with Gasteiger partial charge in [0.1, 0.15) is 6.10 Å². The SMILES string of the molecule is COC(=O)[C@]1(CCCO)C(=O)CCCCCC[C@H]2O[C@@H]21. The van der Waals surface area contributed by atoms with Crippen molar-refractivity contribution in [1.29, 1.82) is 0 Å². The minimum Gasteiger partial charge on any atom is -0.468 e. The minimum absolute atomic E-state index is 0.00478. The molecule has 1 saturated carbocycles. The summed E-state index contributed by atoms with van der Waals surface area (Å²) >= 11 is 0. The summed E-state index contributed by atoms with van der Waals surface area (Å²) in [5.41, 5.74) is -1.19. The Hall–Kier alpha value is -0.940. The van der Waals surface area contributed by atoms with Crippen LogP contribution in [-0.4, -0.2) is 42.8 Å². The van der Waals surface area contributed by atoms with Gasteiger partial charge < -0.3 is 14.6 Å². The summed E-state index contributed by atoms with van der Waals surface area (Å²) < 4.78 is 10.6. The number of hydrogen-bond donors (Lipinski definition) is 1. The molecule has 1 aliphatic heterocycles. The quantitative estimate of drug-likeness (QED) is 0.482. The van der Waals surface area contributed by atoms with Crippen molar-refractivity contribution in [2.24, 2.45) is 5.41 Å². The molecule has 5 nitrogen and oxygen atoms in total. The molecule has 0 amide bonds. The Bertz CT molecular complexity index is 367. The van der Waals surface area contributed by atoms with Crippen molar-refractivity contribution in [3.8, 4) is 0 Å². The number of carbonyl (C=O) groups excluding carboxylic acids is 2. The van der Waals surface area contributed by atoms with Gasteiger partial charge >= 0.3 is 5.97 Å². The molecule has 2 fully saturated rings. The van der Waals surface area contributed by atoms with Crippen LogP contribution in [0.15, 0.2) is 0 Å². The maximum absolute atomic E-state index is 12.6. The van der Waals surface area contributed by atoms with Crippen LogP contribution < -0.4 is 0 Å². The molecule has 114 valence electrons. The number of aliphatic hydroxyl groups excluding tert-OH is 1. The van der Waals surface area contributed by atoms with Crippen LogP contribution in [0.5, 0.6) is 0 Å². The molecule has 0 spiro atoms. The van der Waals surface area contributed by atoms with E-state index in [1.807, 2.05) is 0 Å². The highest BCUT2D eigenvalue weighted by atomic mass is 16.6. The van der Waals surface area contributed by atoms with Gasteiger partial charge in [0.05, 0.1) is 13.2 Å². The second-order valence-corrected chi connectivity index (χ2v) is 5.76. The lowest BCUT2D eigenvalue weighted by atomic mass is 9.72. The predicted octanol–water partition coefficient (Wildman–Crippen LogP) is 1.61. The van der Waals surface area contributed by atoms with Crippen molar-refractivity contribution in [2.75, 3.05) is 13.7 Å². The number of fused-ring (bicyclic) bond motifs is 1. The standard InChI is InChI=1S/C15H24O5/c1-19-14(18)15(9-6-10-16)12(17)8-5-3-2-4-7-11-13(15)20-11/h11,13,16H,2-10H2,1H3/t11-,13+,15-/m1/s1. The van der Waals surface area contributed by atoms with E-state index in [9.17, 15) is 9.59 Å². The van der Waals surface area contributed by atoms with Crippen molar-refractivity contribution < 1.29 is 24.2 Å². The number of hydrogen-bond acceptors (Lipinski definition) is 5. The molecule has 0 aromatic heterocycles. The molecule has 5 heteroatoms. The Morgan fingerprint density at radius 3 is 2.85 bits per heavy atom. The molecule has 20 heavy (non-hydrogen) atoms. The summed E-state index contributed by atoms with van der Waals surface area (Å²) in [5, 5.41) is 9.07. The number of esters is 1. The monoisotopic (exact) mass is 284 g/mol. The van der Waals surface area contributed by atoms with E-state index in [0.29, 0.717) is 19.3 Å². The van der Waals surface area contributed by atoms with Gasteiger partial charge in [0.2, 0.25) is 0 Å². The van der Waals surface area contributed by atoms with Gasteiger partial charge in [-0.1, -0.05) is 19.3 Å². The second-order valence-electron chi connectivity index (χ2n) is 5.76. The average Bonchev–Trinajstić information content (AvgIpc) is 3.22. The number of epoxide rings is 1. The molecule has 0 radical (unpaired) electrons. The number of ketones is 1. The van der Waals surface area contributed by atoms with Crippen LogP contribution in [0.25, 0.3) is 0 Å². The zero-order valence-electron chi connectivity index (χ0n) is 12.1. The molecule has 0 aromatic rings. The molecule has 0 bridgehead atoms. The normalized spacial score (nSPS) is 34.2. The first kappa shape index (κ1) is 15.4. The van der Waals surface area contributed by atoms with Crippen LogP contribution in [0.2, 0.25) is 0 Å². The Morgan fingerprint density at radius 1 is 1.40 bits per heavy atom. The van der Waals surface area contributed by atoms with Crippen LogP contribution in [0.3, 0.4) is 0 Å². The fourth-order valence-corrected chi connectivity index (χ4v) is 3.32. The van der Waals surface area contributed by atoms with Crippen molar-refractivity contribution in [2.45, 2.75) is 63.6 Å². The second kappa shape index (κ2) is 6.68. The first-order valence-electron chi connectivity index (χ1n) is 7.55. The number of aliphatic hydroxyl groups is 1. The fourth-order valence-electron chi connectivity index (χ4n) is 3.32. The predicted molar refractivity (Wildman–Crippen MR) is 72.1 cm³/mol. The van der Waals surface area contributed by atoms with Crippen LogP contribution in [-0.2, 0) is 19.1 Å². The lowest BCUT2D eigenvalue weighted by Gasteiger charge is -2.28. The van der Waals surface area contributed by atoms with Gasteiger partial charge in [0.25, 0.3) is 0 Å². The maximum atomic E-state index is 12.6. The molecule has 1 saturated heterocycles. The molecule has 3 atom stereocenters. The first-order chi connectivity index (χ1) is 9.66. The van der Waals surface area contributed by atoms with Crippen molar-refractivity contribution in [1.82, 2.24) is 0 Å². The first-order valence-corrected chi connectivity index (χ1v) is 7.55. The lowest BCUT2D eigenvalue weighted by Crippen LogP contribution is -2.46. The number of carbonyl (C=O) groups is 2. The van der Waals surface area contributed by atoms with Gasteiger partial charge in [0.15, 0.2) is 11.2 Å². The smallest absolute Gasteiger partial charge is 0.322 e. The largest absolute Gasteiger partial charge is 0.468 e. The van der Waals surface area contributed by atoms with Crippen molar-refractivity contribution in [3.63, 3.8) is 0 Å². The molecule has 0 unspecified atom stereocenters. The van der Waals surface area contributed by atoms with Gasteiger partial charge in [-0.05, 0) is 25.7 Å². The number of rotatable bonds is 4. The van der Waals surface area contributed by atoms with Gasteiger partial charge in [-0.25, -0.2) is 0 Å². The van der Waals surface area contributed by atoms with Crippen molar-refractivity contribution in [3.05, 3.63) is 0 Å². The summed E-state index contributed by atoms with van der Waals surface area (Å²) in [7, 11) is 1.31. The third kappa shape index (κ3) is 2.88. The third-order valence-corrected chi connectivity index (χ3v) is 4.49. The Morgan fingerprint density at radius 2 is 2.15 bits per heavy atom. The summed E-state index contributed by atoms with van der Waals surface area (Å²) in [5.74, 6) is -0.573. The minimum atomic E-state index is -1.19. The van der Waals surface area contributed by atoms with E-state index in [0.717, 1.165) is 32.1 Å². The van der Waals surface area contributed by atoms with Crippen molar-refractivity contribution >= 4 is 11.8 Å². The third-order valence-electron chi connectivity index (χ3n) is 4.49. The Labute approximate surface area is 119 Å². The highest BCUT2D eigenvalue weighted by Gasteiger charge is 2.62. The fraction of sp³-hybridized carbons (Fsp3) is 0.867. The number of ether oxygens (including phenoxy) is 2. The van der Waals surface area contributed by atoms with Crippen LogP contribution in [0.4, 0.5) is 0 Å². The Balaban J connectivity index is 2.25. The molecular weight excluding hydrogens is 260 g/mol. The van der Waals surface area contributed by atoms with E-state index in [-0.39, 0.29) is 24.6 Å². The lowest BCUT2D eigenvalue weighted by molar-refractivity contribution is -0.160. The summed E-state index contributed by atoms with van der Waals surface area (Å²) in [4.78, 5) is 24.9. The number of Topliss-reactive ketones (excluding diaryl/α,β-unsaturated/α-hetero) is 1. The topological polar surface area (TPSA) is 76.1 Å². The van der Waals surface area contributed by atoms with Gasteiger partial charge in [0, 0.05) is 13.0 Å². The Kier molecular flexibility index (Phi) is 5.16. The summed E-state index contributed by atoms with van der Waals surface area (Å²) in [6.07, 6.45) is 5.68. The van der Waals surface area contributed by atoms with E-state index in [2.05, 4.69) is 0 Å². The van der Waals surface area contributed by atoms with E-state index in [1.54, 1.807) is 0 Å². The van der Waals surface area contributed by atoms with E-state index in [1.165, 1.54) is 7.11 Å². The molecule has 2 rings (SSSR count). The van der Waals surface area contributed by atoms with E-state index < -0.39 is 11.4 Å². The average molecular weight is 284 g/mol. The van der Waals surface area contributed by atoms with E-state index in [4.69, 9.17) is 14.6 Å². The van der Waals surface area contributed by atoms with Gasteiger partial charge in [-0.2, -0.15) is 0 Å². The summed E-state index contributed by atoms with van der Waals surface area (Å²) in [6.45, 7) is -0.0383. The van der Waals surface area contributed by atoms with Crippen LogP contribution in [0.1, 0.15) is 51.4 Å². The maximum Gasteiger partial charge on any atom is 0.322 e. The van der Waals surface area contributed by atoms with Crippen LogP contribution in [0, 0.1) is 5.41 Å². The van der Waals surface area contributed by atoms with Gasteiger partial charge in [-0.3, -0.25) is 9.59 Å². The van der Waals surface area contributed by atoms with Gasteiger partial charge in [-0.15, -0.1) is 0 Å². The van der Waals surface area contributed by atoms with E-state index >= 15 is 0 Å². The zero-order chi connectivity index (χ0) is 14.6. The molecule has 0 aromatic carbocycles. The molecule has 1 heterocycles. The van der Waals surface area contributed by atoms with Crippen LogP contribution >= 0.6 is 0 Å².